The lowest BCUT2D eigenvalue weighted by molar-refractivity contribution is -0.136. The van der Waals surface area contributed by atoms with Gasteiger partial charge in [0, 0.05) is 25.0 Å². The van der Waals surface area contributed by atoms with Crippen molar-refractivity contribution in [2.24, 2.45) is 0 Å². The first-order chi connectivity index (χ1) is 15.5. The number of para-hydroxylation sites is 2. The first kappa shape index (κ1) is 23.6. The SMILES string of the molecule is CCC(C)N(C(=O)Cn1c(CCCNC(=O)c2ccco2)nc2ccccc21)C(C)CC. The summed E-state index contributed by atoms with van der Waals surface area (Å²) in [6.45, 7) is 9.22. The van der Waals surface area contributed by atoms with Crippen LogP contribution in [0.5, 0.6) is 0 Å². The third-order valence-electron chi connectivity index (χ3n) is 6.05. The van der Waals surface area contributed by atoms with Gasteiger partial charge in [0.05, 0.1) is 17.3 Å². The Balaban J connectivity index is 1.73. The summed E-state index contributed by atoms with van der Waals surface area (Å²) in [5.74, 6) is 1.05. The summed E-state index contributed by atoms with van der Waals surface area (Å²) in [6.07, 6.45) is 4.69. The molecular formula is C25H34N4O3. The summed E-state index contributed by atoms with van der Waals surface area (Å²) in [5, 5.41) is 2.87. The number of benzene rings is 1. The van der Waals surface area contributed by atoms with Crippen LogP contribution in [0.4, 0.5) is 0 Å². The molecule has 2 atom stereocenters. The fourth-order valence-electron chi connectivity index (χ4n) is 3.97. The molecule has 0 saturated carbocycles. The quantitative estimate of drug-likeness (QED) is 0.450. The van der Waals surface area contributed by atoms with Crippen LogP contribution in [-0.2, 0) is 17.8 Å². The molecule has 0 aliphatic rings. The van der Waals surface area contributed by atoms with Gasteiger partial charge in [-0.05, 0) is 57.4 Å². The predicted octanol–water partition coefficient (Wildman–Crippen LogP) is 4.42. The van der Waals surface area contributed by atoms with Gasteiger partial charge in [-0.1, -0.05) is 26.0 Å². The number of hydrogen-bond acceptors (Lipinski definition) is 4. The number of amides is 2. The fourth-order valence-corrected chi connectivity index (χ4v) is 3.97. The van der Waals surface area contributed by atoms with Gasteiger partial charge in [0.1, 0.15) is 12.4 Å². The van der Waals surface area contributed by atoms with E-state index in [-0.39, 0.29) is 30.4 Å². The molecule has 1 N–H and O–H groups in total. The Morgan fingerprint density at radius 2 is 1.81 bits per heavy atom. The smallest absolute Gasteiger partial charge is 0.286 e. The topological polar surface area (TPSA) is 80.4 Å². The lowest BCUT2D eigenvalue weighted by Crippen LogP contribution is -2.45. The Morgan fingerprint density at radius 3 is 2.47 bits per heavy atom. The first-order valence-electron chi connectivity index (χ1n) is 11.5. The van der Waals surface area contributed by atoms with E-state index in [2.05, 4.69) is 33.0 Å². The molecule has 0 radical (unpaired) electrons. The molecule has 3 rings (SSSR count). The van der Waals surface area contributed by atoms with E-state index in [1.165, 1.54) is 6.26 Å². The van der Waals surface area contributed by atoms with Crippen molar-refractivity contribution in [2.45, 2.75) is 72.0 Å². The average molecular weight is 439 g/mol. The maximum absolute atomic E-state index is 13.4. The van der Waals surface area contributed by atoms with Crippen LogP contribution in [0.1, 0.15) is 63.3 Å². The van der Waals surface area contributed by atoms with Crippen LogP contribution < -0.4 is 5.32 Å². The minimum Gasteiger partial charge on any atom is -0.459 e. The second kappa shape index (κ2) is 11.0. The van der Waals surface area contributed by atoms with Crippen LogP contribution in [0, 0.1) is 0 Å². The number of nitrogens with zero attached hydrogens (tertiary/aromatic N) is 3. The number of fused-ring (bicyclic) bond motifs is 1. The van der Waals surface area contributed by atoms with E-state index in [4.69, 9.17) is 9.40 Å². The molecule has 2 aromatic heterocycles. The first-order valence-corrected chi connectivity index (χ1v) is 11.5. The minimum atomic E-state index is -0.226. The van der Waals surface area contributed by atoms with Gasteiger partial charge in [0.25, 0.3) is 5.91 Å². The molecule has 32 heavy (non-hydrogen) atoms. The molecule has 172 valence electrons. The zero-order valence-electron chi connectivity index (χ0n) is 19.5. The normalized spacial score (nSPS) is 13.1. The van der Waals surface area contributed by atoms with Gasteiger partial charge in [0.2, 0.25) is 5.91 Å². The van der Waals surface area contributed by atoms with Crippen LogP contribution in [0.3, 0.4) is 0 Å². The van der Waals surface area contributed by atoms with Gasteiger partial charge in [-0.3, -0.25) is 9.59 Å². The third-order valence-corrected chi connectivity index (χ3v) is 6.05. The maximum Gasteiger partial charge on any atom is 0.286 e. The van der Waals surface area contributed by atoms with E-state index < -0.39 is 0 Å². The zero-order chi connectivity index (χ0) is 23.1. The van der Waals surface area contributed by atoms with Crippen LogP contribution in [0.15, 0.2) is 47.1 Å². The Kier molecular flexibility index (Phi) is 8.09. The standard InChI is InChI=1S/C25H34N4O3/c1-5-18(3)29(19(4)6-2)24(30)17-28-21-12-8-7-11-20(21)27-23(28)14-9-15-26-25(31)22-13-10-16-32-22/h7-8,10-13,16,18-19H,5-6,9,14-15,17H2,1-4H3,(H,26,31). The third kappa shape index (κ3) is 5.39. The largest absolute Gasteiger partial charge is 0.459 e. The molecule has 0 saturated heterocycles. The van der Waals surface area contributed by atoms with Crippen molar-refractivity contribution in [3.63, 3.8) is 0 Å². The fraction of sp³-hybridized carbons (Fsp3) is 0.480. The number of hydrogen-bond donors (Lipinski definition) is 1. The molecule has 2 heterocycles. The summed E-state index contributed by atoms with van der Waals surface area (Å²) in [4.78, 5) is 32.2. The number of imidazole rings is 1. The molecule has 0 fully saturated rings. The second-order valence-corrected chi connectivity index (χ2v) is 8.26. The number of carbonyl (C=O) groups excluding carboxylic acids is 2. The van der Waals surface area contributed by atoms with Crippen molar-refractivity contribution in [1.29, 1.82) is 0 Å². The maximum atomic E-state index is 13.4. The van der Waals surface area contributed by atoms with Gasteiger partial charge in [0.15, 0.2) is 5.76 Å². The van der Waals surface area contributed by atoms with E-state index in [1.54, 1.807) is 12.1 Å². The number of aryl methyl sites for hydroxylation is 1. The Bertz CT molecular complexity index is 1020. The lowest BCUT2D eigenvalue weighted by Gasteiger charge is -2.34. The van der Waals surface area contributed by atoms with E-state index in [0.29, 0.717) is 25.1 Å². The van der Waals surface area contributed by atoms with Gasteiger partial charge >= 0.3 is 0 Å². The molecule has 2 amide bonds. The van der Waals surface area contributed by atoms with Crippen molar-refractivity contribution in [1.82, 2.24) is 19.8 Å². The van der Waals surface area contributed by atoms with Crippen LogP contribution in [0.2, 0.25) is 0 Å². The average Bonchev–Trinajstić information content (AvgIpc) is 3.45. The van der Waals surface area contributed by atoms with Gasteiger partial charge in [-0.15, -0.1) is 0 Å². The number of carbonyl (C=O) groups is 2. The van der Waals surface area contributed by atoms with Crippen molar-refractivity contribution in [3.8, 4) is 0 Å². The summed E-state index contributed by atoms with van der Waals surface area (Å²) in [7, 11) is 0. The molecule has 2 unspecified atom stereocenters. The van der Waals surface area contributed by atoms with Crippen LogP contribution in [0.25, 0.3) is 11.0 Å². The number of rotatable bonds is 11. The van der Waals surface area contributed by atoms with E-state index in [1.807, 2.05) is 33.7 Å². The molecule has 0 aliphatic heterocycles. The van der Waals surface area contributed by atoms with Crippen LogP contribution in [-0.4, -0.2) is 44.9 Å². The summed E-state index contributed by atoms with van der Waals surface area (Å²) >= 11 is 0. The van der Waals surface area contributed by atoms with Crippen molar-refractivity contribution in [2.75, 3.05) is 6.54 Å². The van der Waals surface area contributed by atoms with Crippen molar-refractivity contribution in [3.05, 3.63) is 54.2 Å². The molecule has 7 nitrogen and oxygen atoms in total. The molecule has 0 bridgehead atoms. The van der Waals surface area contributed by atoms with E-state index in [9.17, 15) is 9.59 Å². The molecule has 7 heteroatoms. The number of furan rings is 1. The van der Waals surface area contributed by atoms with E-state index in [0.717, 1.165) is 29.7 Å². The molecule has 0 aliphatic carbocycles. The van der Waals surface area contributed by atoms with Crippen LogP contribution >= 0.6 is 0 Å². The predicted molar refractivity (Wildman–Crippen MR) is 125 cm³/mol. The molecule has 3 aromatic rings. The highest BCUT2D eigenvalue weighted by Crippen LogP contribution is 2.19. The van der Waals surface area contributed by atoms with Gasteiger partial charge in [-0.2, -0.15) is 0 Å². The highest BCUT2D eigenvalue weighted by molar-refractivity contribution is 5.91. The van der Waals surface area contributed by atoms with Gasteiger partial charge in [-0.25, -0.2) is 4.98 Å². The van der Waals surface area contributed by atoms with Gasteiger partial charge < -0.3 is 19.2 Å². The Morgan fingerprint density at radius 1 is 1.09 bits per heavy atom. The zero-order valence-corrected chi connectivity index (χ0v) is 19.5. The van der Waals surface area contributed by atoms with E-state index >= 15 is 0 Å². The summed E-state index contributed by atoms with van der Waals surface area (Å²) < 4.78 is 7.15. The lowest BCUT2D eigenvalue weighted by atomic mass is 10.1. The number of nitrogens with one attached hydrogen (secondary N) is 1. The van der Waals surface area contributed by atoms with Crippen molar-refractivity contribution < 1.29 is 14.0 Å². The highest BCUT2D eigenvalue weighted by atomic mass is 16.3. The Hall–Kier alpha value is -3.09. The molecule has 0 spiro atoms. The molecular weight excluding hydrogens is 404 g/mol. The Labute approximate surface area is 189 Å². The second-order valence-electron chi connectivity index (χ2n) is 8.26. The summed E-state index contributed by atoms with van der Waals surface area (Å²) in [5.41, 5.74) is 1.84. The van der Waals surface area contributed by atoms with Crippen molar-refractivity contribution >= 4 is 22.8 Å². The monoisotopic (exact) mass is 438 g/mol. The minimum absolute atomic E-state index is 0.115. The molecule has 1 aromatic carbocycles. The highest BCUT2D eigenvalue weighted by Gasteiger charge is 2.25. The summed E-state index contributed by atoms with van der Waals surface area (Å²) in [6, 6.07) is 11.6. The number of aromatic nitrogens is 2.